The minimum absolute atomic E-state index is 0.503. The van der Waals surface area contributed by atoms with Gasteiger partial charge < -0.3 is 18.9 Å². The summed E-state index contributed by atoms with van der Waals surface area (Å²) in [7, 11) is 6.34. The first kappa shape index (κ1) is 27.8. The molecule has 0 aliphatic carbocycles. The van der Waals surface area contributed by atoms with Crippen LogP contribution in [0.15, 0.2) is 45.4 Å². The summed E-state index contributed by atoms with van der Waals surface area (Å²) in [5.74, 6) is 1.13. The molecule has 0 atom stereocenters. The predicted molar refractivity (Wildman–Crippen MR) is 134 cm³/mol. The van der Waals surface area contributed by atoms with Gasteiger partial charge in [0.1, 0.15) is 11.5 Å². The van der Waals surface area contributed by atoms with Crippen LogP contribution < -0.4 is 9.47 Å². The fourth-order valence-electron chi connectivity index (χ4n) is 2.68. The van der Waals surface area contributed by atoms with Gasteiger partial charge in [0.05, 0.1) is 43.0 Å². The van der Waals surface area contributed by atoms with Crippen LogP contribution in [0.4, 0.5) is 0 Å². The average molecular weight is 570 g/mol. The summed E-state index contributed by atoms with van der Waals surface area (Å²) >= 11 is 6.56. The molecule has 2 rings (SSSR count). The van der Waals surface area contributed by atoms with Gasteiger partial charge in [-0.3, -0.25) is 9.59 Å². The molecule has 8 heteroatoms. The molecule has 2 aromatic rings. The number of carbonyl (C=O) groups excluding carboxylic acids is 2. The van der Waals surface area contributed by atoms with Gasteiger partial charge in [-0.25, -0.2) is 0 Å². The summed E-state index contributed by atoms with van der Waals surface area (Å²) in [5.41, 5.74) is 2.80. The van der Waals surface area contributed by atoms with E-state index < -0.39 is 0 Å². The third kappa shape index (κ3) is 8.70. The molecule has 0 unspecified atom stereocenters. The van der Waals surface area contributed by atoms with Gasteiger partial charge in [-0.1, -0.05) is 40.2 Å². The fraction of sp³-hybridized carbons (Fsp3) is 0.250. The third-order valence-corrected chi connectivity index (χ3v) is 5.05. The molecule has 0 bridgehead atoms. The van der Waals surface area contributed by atoms with Crippen molar-refractivity contribution in [3.8, 4) is 11.5 Å². The normalized spacial score (nSPS) is 10.7. The summed E-state index contributed by atoms with van der Waals surface area (Å²) in [5, 5.41) is 0. The molecule has 0 aliphatic heterocycles. The van der Waals surface area contributed by atoms with Crippen molar-refractivity contribution in [1.29, 1.82) is 0 Å². The molecule has 0 radical (unpaired) electrons. The summed E-state index contributed by atoms with van der Waals surface area (Å²) in [4.78, 5) is 21.7. The molecule has 32 heavy (non-hydrogen) atoms. The highest BCUT2D eigenvalue weighted by molar-refractivity contribution is 9.11. The summed E-state index contributed by atoms with van der Waals surface area (Å²) in [6, 6.07) is 7.26. The number of aldehydes is 2. The summed E-state index contributed by atoms with van der Waals surface area (Å²) < 4.78 is 21.9. The molecule has 0 aliphatic rings. The summed E-state index contributed by atoms with van der Waals surface area (Å²) in [6.07, 6.45) is 9.09. The second-order valence-corrected chi connectivity index (χ2v) is 7.96. The number of hydrogen-bond acceptors (Lipinski definition) is 6. The van der Waals surface area contributed by atoms with E-state index in [9.17, 15) is 9.59 Å². The molecule has 0 saturated heterocycles. The molecule has 0 N–H and O–H groups in total. The van der Waals surface area contributed by atoms with Gasteiger partial charge in [-0.2, -0.15) is 0 Å². The van der Waals surface area contributed by atoms with Gasteiger partial charge in [0, 0.05) is 24.3 Å². The summed E-state index contributed by atoms with van der Waals surface area (Å²) in [6.45, 7) is 1.03. The zero-order valence-electron chi connectivity index (χ0n) is 18.4. The van der Waals surface area contributed by atoms with Gasteiger partial charge in [-0.15, -0.1) is 0 Å². The second kappa shape index (κ2) is 15.5. The highest BCUT2D eigenvalue weighted by Gasteiger charge is 2.09. The van der Waals surface area contributed by atoms with E-state index in [0.29, 0.717) is 35.8 Å². The van der Waals surface area contributed by atoms with E-state index in [0.717, 1.165) is 32.6 Å². The Morgan fingerprint density at radius 3 is 1.78 bits per heavy atom. The van der Waals surface area contributed by atoms with Crippen LogP contribution in [0.5, 0.6) is 11.5 Å². The Morgan fingerprint density at radius 1 is 0.719 bits per heavy atom. The molecule has 6 nitrogen and oxygen atoms in total. The molecular weight excluding hydrogens is 544 g/mol. The monoisotopic (exact) mass is 568 g/mol. The SMILES string of the molecule is COC/C=C/c1cc(C=O)c(OC)c(/C=C/COC)c1.COc1c(Br)cc(Br)cc1C=O. The van der Waals surface area contributed by atoms with Crippen molar-refractivity contribution >= 4 is 56.6 Å². The van der Waals surface area contributed by atoms with E-state index in [-0.39, 0.29) is 0 Å². The highest BCUT2D eigenvalue weighted by Crippen LogP contribution is 2.31. The van der Waals surface area contributed by atoms with Gasteiger partial charge in [0.15, 0.2) is 12.6 Å². The van der Waals surface area contributed by atoms with Crippen LogP contribution in [-0.2, 0) is 9.47 Å². The van der Waals surface area contributed by atoms with Crippen molar-refractivity contribution in [3.05, 3.63) is 67.6 Å². The largest absolute Gasteiger partial charge is 0.495 e. The third-order valence-electron chi connectivity index (χ3n) is 4.00. The van der Waals surface area contributed by atoms with Crippen molar-refractivity contribution in [2.75, 3.05) is 41.7 Å². The van der Waals surface area contributed by atoms with E-state index in [2.05, 4.69) is 31.9 Å². The molecule has 0 saturated carbocycles. The number of halogens is 2. The van der Waals surface area contributed by atoms with Crippen LogP contribution in [0.3, 0.4) is 0 Å². The fourth-order valence-corrected chi connectivity index (χ4v) is 4.10. The molecule has 2 aromatic carbocycles. The molecular formula is C24H26Br2O6. The van der Waals surface area contributed by atoms with Gasteiger partial charge in [0.25, 0.3) is 0 Å². The standard InChI is InChI=1S/C16H20O4.C8H6Br2O2/c1-18-8-4-6-13-10-14(7-5-9-19-2)16(20-3)15(11-13)12-17;1-12-8-5(4-11)2-6(9)3-7(8)10/h4-7,10-12H,8-9H2,1-3H3;2-4H,1H3/b6-4+,7-5+;. The minimum Gasteiger partial charge on any atom is -0.495 e. The Kier molecular flexibility index (Phi) is 13.5. The number of hydrogen-bond donors (Lipinski definition) is 0. The second-order valence-electron chi connectivity index (χ2n) is 6.19. The maximum absolute atomic E-state index is 11.2. The lowest BCUT2D eigenvalue weighted by Crippen LogP contribution is -1.95. The highest BCUT2D eigenvalue weighted by atomic mass is 79.9. The zero-order chi connectivity index (χ0) is 23.9. The molecule has 0 amide bonds. The Hall–Kier alpha value is -2.26. The molecule has 172 valence electrons. The van der Waals surface area contributed by atoms with Crippen LogP contribution in [0.1, 0.15) is 31.8 Å². The van der Waals surface area contributed by atoms with Crippen molar-refractivity contribution in [3.63, 3.8) is 0 Å². The first-order valence-corrected chi connectivity index (χ1v) is 11.0. The topological polar surface area (TPSA) is 71.1 Å². The van der Waals surface area contributed by atoms with Crippen molar-refractivity contribution in [2.45, 2.75) is 0 Å². The van der Waals surface area contributed by atoms with Crippen molar-refractivity contribution in [1.82, 2.24) is 0 Å². The van der Waals surface area contributed by atoms with E-state index in [1.54, 1.807) is 33.5 Å². The smallest absolute Gasteiger partial charge is 0.153 e. The van der Waals surface area contributed by atoms with E-state index >= 15 is 0 Å². The first-order chi connectivity index (χ1) is 15.4. The number of ether oxygens (including phenoxy) is 4. The van der Waals surface area contributed by atoms with Crippen LogP contribution in [-0.4, -0.2) is 54.2 Å². The number of rotatable bonds is 10. The molecule has 0 aromatic heterocycles. The Morgan fingerprint density at radius 2 is 1.25 bits per heavy atom. The zero-order valence-corrected chi connectivity index (χ0v) is 21.6. The van der Waals surface area contributed by atoms with Gasteiger partial charge >= 0.3 is 0 Å². The van der Waals surface area contributed by atoms with Crippen LogP contribution in [0.2, 0.25) is 0 Å². The quantitative estimate of drug-likeness (QED) is 0.334. The average Bonchev–Trinajstić information content (AvgIpc) is 2.79. The number of carbonyl (C=O) groups is 2. The number of benzene rings is 2. The maximum atomic E-state index is 11.2. The lowest BCUT2D eigenvalue weighted by atomic mass is 10.0. The molecule has 0 fully saturated rings. The molecule has 0 heterocycles. The lowest BCUT2D eigenvalue weighted by Gasteiger charge is -2.09. The van der Waals surface area contributed by atoms with E-state index in [1.807, 2.05) is 36.4 Å². The van der Waals surface area contributed by atoms with E-state index in [1.165, 1.54) is 7.11 Å². The Labute approximate surface area is 205 Å². The minimum atomic E-state index is 0.503. The first-order valence-electron chi connectivity index (χ1n) is 9.42. The predicted octanol–water partition coefficient (Wildman–Crippen LogP) is 5.86. The van der Waals surface area contributed by atoms with Gasteiger partial charge in [-0.05, 0) is 45.8 Å². The van der Waals surface area contributed by atoms with Crippen LogP contribution in [0.25, 0.3) is 12.2 Å². The maximum Gasteiger partial charge on any atom is 0.153 e. The Bertz CT molecular complexity index is 954. The van der Waals surface area contributed by atoms with E-state index in [4.69, 9.17) is 18.9 Å². The lowest BCUT2D eigenvalue weighted by molar-refractivity contribution is 0.111. The van der Waals surface area contributed by atoms with Crippen LogP contribution >= 0.6 is 31.9 Å². The van der Waals surface area contributed by atoms with Gasteiger partial charge in [0.2, 0.25) is 0 Å². The Balaban J connectivity index is 0.000000363. The van der Waals surface area contributed by atoms with Crippen molar-refractivity contribution in [2.24, 2.45) is 0 Å². The molecule has 0 spiro atoms. The van der Waals surface area contributed by atoms with Crippen LogP contribution in [0, 0.1) is 0 Å². The van der Waals surface area contributed by atoms with Crippen molar-refractivity contribution < 1.29 is 28.5 Å². The number of methoxy groups -OCH3 is 4.